The summed E-state index contributed by atoms with van der Waals surface area (Å²) in [7, 11) is 0. The minimum atomic E-state index is -0.120. The van der Waals surface area contributed by atoms with E-state index in [1.165, 1.54) is 5.56 Å². The summed E-state index contributed by atoms with van der Waals surface area (Å²) in [6.07, 6.45) is 6.20. The molecule has 2 N–H and O–H groups in total. The highest BCUT2D eigenvalue weighted by Gasteiger charge is 2.34. The van der Waals surface area contributed by atoms with Gasteiger partial charge in [-0.25, -0.2) is 4.79 Å². The molecule has 2 heterocycles. The van der Waals surface area contributed by atoms with E-state index < -0.39 is 0 Å². The predicted molar refractivity (Wildman–Crippen MR) is 97.5 cm³/mol. The highest BCUT2D eigenvalue weighted by molar-refractivity contribution is 5.74. The molecule has 2 amide bonds. The van der Waals surface area contributed by atoms with Gasteiger partial charge in [-0.2, -0.15) is 0 Å². The number of rotatable bonds is 6. The van der Waals surface area contributed by atoms with E-state index in [2.05, 4.69) is 39.9 Å². The van der Waals surface area contributed by atoms with Gasteiger partial charge in [-0.1, -0.05) is 36.4 Å². The number of nitrogens with zero attached hydrogens (tertiary/aromatic N) is 1. The fourth-order valence-corrected chi connectivity index (χ4v) is 3.30. The standard InChI is InChI=1S/C20H25N3O2/c24-19(22-12-8-17-5-4-11-21-15-17)23-16-20(9-13-25-14-10-20)18-6-2-1-3-7-18/h1-7,11,15H,8-10,12-14,16H2,(H2,22,23,24). The van der Waals surface area contributed by atoms with E-state index in [-0.39, 0.29) is 11.4 Å². The van der Waals surface area contributed by atoms with Gasteiger partial charge in [0, 0.05) is 44.1 Å². The zero-order valence-electron chi connectivity index (χ0n) is 14.4. The fraction of sp³-hybridized carbons (Fsp3) is 0.400. The molecule has 1 fully saturated rings. The van der Waals surface area contributed by atoms with Crippen LogP contribution in [0.15, 0.2) is 54.9 Å². The number of urea groups is 1. The third-order valence-electron chi connectivity index (χ3n) is 4.85. The second-order valence-corrected chi connectivity index (χ2v) is 6.48. The van der Waals surface area contributed by atoms with E-state index in [1.807, 2.05) is 24.4 Å². The van der Waals surface area contributed by atoms with Crippen molar-refractivity contribution in [1.29, 1.82) is 0 Å². The number of carbonyl (C=O) groups excluding carboxylic acids is 1. The maximum absolute atomic E-state index is 12.2. The van der Waals surface area contributed by atoms with Gasteiger partial charge in [0.2, 0.25) is 0 Å². The molecule has 0 atom stereocenters. The molecule has 0 unspecified atom stereocenters. The van der Waals surface area contributed by atoms with E-state index in [1.54, 1.807) is 6.20 Å². The minimum absolute atomic E-state index is 0.0415. The van der Waals surface area contributed by atoms with Gasteiger partial charge < -0.3 is 15.4 Å². The summed E-state index contributed by atoms with van der Waals surface area (Å²) in [6.45, 7) is 2.69. The summed E-state index contributed by atoms with van der Waals surface area (Å²) >= 11 is 0. The van der Waals surface area contributed by atoms with E-state index in [0.717, 1.165) is 38.0 Å². The number of pyridine rings is 1. The number of hydrogen-bond donors (Lipinski definition) is 2. The molecule has 0 radical (unpaired) electrons. The van der Waals surface area contributed by atoms with Crippen molar-refractivity contribution >= 4 is 6.03 Å². The molecule has 5 heteroatoms. The molecule has 132 valence electrons. The van der Waals surface area contributed by atoms with Gasteiger partial charge in [0.05, 0.1) is 0 Å². The minimum Gasteiger partial charge on any atom is -0.381 e. The summed E-state index contributed by atoms with van der Waals surface area (Å²) in [4.78, 5) is 16.3. The Morgan fingerprint density at radius 3 is 2.60 bits per heavy atom. The highest BCUT2D eigenvalue weighted by atomic mass is 16.5. The lowest BCUT2D eigenvalue weighted by Gasteiger charge is -2.38. The Morgan fingerprint density at radius 1 is 1.08 bits per heavy atom. The molecule has 1 aliphatic heterocycles. The van der Waals surface area contributed by atoms with Gasteiger partial charge in [-0.15, -0.1) is 0 Å². The Morgan fingerprint density at radius 2 is 1.88 bits per heavy atom. The van der Waals surface area contributed by atoms with Crippen molar-refractivity contribution in [3.63, 3.8) is 0 Å². The van der Waals surface area contributed by atoms with Gasteiger partial charge in [-0.3, -0.25) is 4.98 Å². The third-order valence-corrected chi connectivity index (χ3v) is 4.85. The molecule has 0 bridgehead atoms. The number of benzene rings is 1. The zero-order chi connectivity index (χ0) is 17.4. The van der Waals surface area contributed by atoms with Crippen LogP contribution in [0.25, 0.3) is 0 Å². The van der Waals surface area contributed by atoms with Crippen LogP contribution < -0.4 is 10.6 Å². The van der Waals surface area contributed by atoms with Crippen LogP contribution in [0.4, 0.5) is 4.79 Å². The molecule has 0 aliphatic carbocycles. The van der Waals surface area contributed by atoms with Crippen molar-refractivity contribution < 1.29 is 9.53 Å². The summed E-state index contributed by atoms with van der Waals surface area (Å²) in [5.74, 6) is 0. The molecule has 1 aromatic heterocycles. The number of nitrogens with one attached hydrogen (secondary N) is 2. The lowest BCUT2D eigenvalue weighted by atomic mass is 9.74. The Bertz CT molecular complexity index is 655. The van der Waals surface area contributed by atoms with Crippen LogP contribution >= 0.6 is 0 Å². The van der Waals surface area contributed by atoms with E-state index in [0.29, 0.717) is 13.1 Å². The van der Waals surface area contributed by atoms with Crippen molar-refractivity contribution in [2.45, 2.75) is 24.7 Å². The first-order valence-electron chi connectivity index (χ1n) is 8.82. The normalized spacial score (nSPS) is 16.2. The second kappa shape index (κ2) is 8.62. The molecule has 1 saturated heterocycles. The van der Waals surface area contributed by atoms with E-state index in [9.17, 15) is 4.79 Å². The van der Waals surface area contributed by atoms with Gasteiger partial charge in [0.1, 0.15) is 0 Å². The average molecular weight is 339 g/mol. The lowest BCUT2D eigenvalue weighted by Crippen LogP contribution is -2.47. The summed E-state index contributed by atoms with van der Waals surface area (Å²) in [5.41, 5.74) is 2.35. The molecular weight excluding hydrogens is 314 g/mol. The maximum atomic E-state index is 12.2. The first kappa shape index (κ1) is 17.4. The zero-order valence-corrected chi connectivity index (χ0v) is 14.4. The number of hydrogen-bond acceptors (Lipinski definition) is 3. The Hall–Kier alpha value is -2.40. The average Bonchev–Trinajstić information content (AvgIpc) is 2.69. The molecule has 0 spiro atoms. The van der Waals surface area contributed by atoms with Crippen LogP contribution in [-0.4, -0.2) is 37.3 Å². The molecule has 2 aromatic rings. The molecule has 0 saturated carbocycles. The molecule has 1 aromatic carbocycles. The number of amides is 2. The second-order valence-electron chi connectivity index (χ2n) is 6.48. The fourth-order valence-electron chi connectivity index (χ4n) is 3.30. The van der Waals surface area contributed by atoms with Crippen LogP contribution in [0, 0.1) is 0 Å². The van der Waals surface area contributed by atoms with E-state index in [4.69, 9.17) is 4.74 Å². The Kier molecular flexibility index (Phi) is 6.01. The van der Waals surface area contributed by atoms with Crippen LogP contribution in [0.1, 0.15) is 24.0 Å². The van der Waals surface area contributed by atoms with Crippen molar-refractivity contribution in [3.8, 4) is 0 Å². The monoisotopic (exact) mass is 339 g/mol. The number of aromatic nitrogens is 1. The van der Waals surface area contributed by atoms with Crippen LogP contribution in [0.5, 0.6) is 0 Å². The predicted octanol–water partition coefficient (Wildman–Crippen LogP) is 2.67. The van der Waals surface area contributed by atoms with Crippen LogP contribution in [0.3, 0.4) is 0 Å². The molecular formula is C20H25N3O2. The van der Waals surface area contributed by atoms with Gasteiger partial charge in [0.25, 0.3) is 0 Å². The van der Waals surface area contributed by atoms with Crippen LogP contribution in [0.2, 0.25) is 0 Å². The summed E-state index contributed by atoms with van der Waals surface area (Å²) in [5, 5.41) is 5.99. The first-order valence-corrected chi connectivity index (χ1v) is 8.82. The lowest BCUT2D eigenvalue weighted by molar-refractivity contribution is 0.0507. The number of ether oxygens (including phenoxy) is 1. The molecule has 3 rings (SSSR count). The SMILES string of the molecule is O=C(NCCc1cccnc1)NCC1(c2ccccc2)CCOCC1. The van der Waals surface area contributed by atoms with Crippen LogP contribution in [-0.2, 0) is 16.6 Å². The molecule has 1 aliphatic rings. The van der Waals surface area contributed by atoms with Crippen molar-refractivity contribution in [3.05, 3.63) is 66.0 Å². The third kappa shape index (κ3) is 4.79. The largest absolute Gasteiger partial charge is 0.381 e. The molecule has 25 heavy (non-hydrogen) atoms. The topological polar surface area (TPSA) is 63.2 Å². The van der Waals surface area contributed by atoms with E-state index >= 15 is 0 Å². The summed E-state index contributed by atoms with van der Waals surface area (Å²) < 4.78 is 5.53. The van der Waals surface area contributed by atoms with Crippen molar-refractivity contribution in [1.82, 2.24) is 15.6 Å². The van der Waals surface area contributed by atoms with Crippen molar-refractivity contribution in [2.75, 3.05) is 26.3 Å². The Balaban J connectivity index is 1.52. The Labute approximate surface area is 148 Å². The quantitative estimate of drug-likeness (QED) is 0.850. The number of carbonyl (C=O) groups is 1. The smallest absolute Gasteiger partial charge is 0.314 e. The maximum Gasteiger partial charge on any atom is 0.314 e. The van der Waals surface area contributed by atoms with Gasteiger partial charge in [0.15, 0.2) is 0 Å². The van der Waals surface area contributed by atoms with Gasteiger partial charge in [-0.05, 0) is 36.5 Å². The highest BCUT2D eigenvalue weighted by Crippen LogP contribution is 2.34. The van der Waals surface area contributed by atoms with Crippen molar-refractivity contribution in [2.24, 2.45) is 0 Å². The van der Waals surface area contributed by atoms with Gasteiger partial charge >= 0.3 is 6.03 Å². The molecule has 5 nitrogen and oxygen atoms in total. The first-order chi connectivity index (χ1) is 12.3. The summed E-state index contributed by atoms with van der Waals surface area (Å²) in [6, 6.07) is 14.2.